The molecule has 0 unspecified atom stereocenters. The van der Waals surface area contributed by atoms with Gasteiger partial charge in [0.15, 0.2) is 0 Å². The molecule has 0 saturated heterocycles. The Balaban J connectivity index is 0.000000696. The van der Waals surface area contributed by atoms with Crippen molar-refractivity contribution in [3.63, 3.8) is 0 Å². The lowest BCUT2D eigenvalue weighted by molar-refractivity contribution is -0.137. The minimum Gasteiger partial charge on any atom is -0.492 e. The fourth-order valence-corrected chi connectivity index (χ4v) is 7.74. The van der Waals surface area contributed by atoms with Gasteiger partial charge in [0.1, 0.15) is 32.8 Å². The summed E-state index contributed by atoms with van der Waals surface area (Å²) in [5.74, 6) is 7.40. The van der Waals surface area contributed by atoms with Gasteiger partial charge >= 0.3 is 5.97 Å². The fraction of sp³-hybridized carbons (Fsp3) is 0.355. The van der Waals surface area contributed by atoms with Crippen molar-refractivity contribution in [3.8, 4) is 57.6 Å². The van der Waals surface area contributed by atoms with Gasteiger partial charge in [-0.05, 0) is 114 Å². The van der Waals surface area contributed by atoms with Crippen LogP contribution in [0.5, 0.6) is 11.5 Å². The number of carbonyl (C=O) groups is 2. The van der Waals surface area contributed by atoms with Crippen LogP contribution in [-0.2, 0) is 23.7 Å². The smallest absolute Gasteiger partial charge is 0.317 e. The number of nitrogens with one attached hydrogen (secondary N) is 3. The van der Waals surface area contributed by atoms with Gasteiger partial charge in [0.25, 0.3) is 0 Å². The second-order valence-corrected chi connectivity index (χ2v) is 24.8. The van der Waals surface area contributed by atoms with Crippen molar-refractivity contribution in [2.24, 2.45) is 19.8 Å². The quantitative estimate of drug-likeness (QED) is 0.0422. The molecule has 2 atom stereocenters. The Morgan fingerprint density at radius 3 is 1.54 bits per heavy atom. The Morgan fingerprint density at radius 2 is 1.13 bits per heavy atom. The molecule has 19 nitrogen and oxygen atoms in total. The van der Waals surface area contributed by atoms with Crippen molar-refractivity contribution in [2.45, 2.75) is 82.7 Å². The van der Waals surface area contributed by atoms with E-state index in [1.807, 2.05) is 145 Å². The Morgan fingerprint density at radius 1 is 0.671 bits per heavy atom. The Bertz CT molecular complexity index is 3420. The molecule has 440 valence electrons. The van der Waals surface area contributed by atoms with E-state index in [0.29, 0.717) is 43.2 Å². The number of anilines is 4. The molecule has 82 heavy (non-hydrogen) atoms. The van der Waals surface area contributed by atoms with Gasteiger partial charge in [-0.3, -0.25) is 23.9 Å². The van der Waals surface area contributed by atoms with Gasteiger partial charge in [-0.1, -0.05) is 68.6 Å². The zero-order chi connectivity index (χ0) is 55.8. The first-order valence-corrected chi connectivity index (χ1v) is 28.2. The monoisotopic (exact) mass is 1140 g/mol. The van der Waals surface area contributed by atoms with Crippen LogP contribution in [0.1, 0.15) is 62.1 Å². The minimum absolute atomic E-state index is 0. The number of terminal acetylenes is 1. The summed E-state index contributed by atoms with van der Waals surface area (Å²) in [6.07, 6.45) is 16.6. The van der Waals surface area contributed by atoms with E-state index in [1.54, 1.807) is 40.8 Å². The first-order valence-electron chi connectivity index (χ1n) is 24.7. The summed E-state index contributed by atoms with van der Waals surface area (Å²) in [6.45, 7) is 11.7. The molecule has 0 aliphatic heterocycles. The normalized spacial score (nSPS) is 11.0. The highest BCUT2D eigenvalue weighted by Crippen LogP contribution is 2.32. The second-order valence-electron chi connectivity index (χ2n) is 20.1. The number of carboxylic acids is 1. The molecule has 4 aromatic carbocycles. The van der Waals surface area contributed by atoms with Crippen LogP contribution in [0.3, 0.4) is 0 Å². The molecule has 0 bridgehead atoms. The van der Waals surface area contributed by atoms with E-state index in [0.717, 1.165) is 66.6 Å². The van der Waals surface area contributed by atoms with Crippen LogP contribution in [0.25, 0.3) is 44.1 Å². The summed E-state index contributed by atoms with van der Waals surface area (Å²) < 4.78 is 15.5. The van der Waals surface area contributed by atoms with E-state index < -0.39 is 14.0 Å². The molecule has 8 rings (SSSR count). The molecule has 0 aliphatic rings. The van der Waals surface area contributed by atoms with Crippen LogP contribution in [0.4, 0.5) is 23.3 Å². The molecule has 0 spiro atoms. The number of rotatable bonds is 17. The Hall–Kier alpha value is -8.66. The number of fused-ring (bicyclic) bond motifs is 2. The van der Waals surface area contributed by atoms with E-state index in [2.05, 4.69) is 78.1 Å². The first-order chi connectivity index (χ1) is 36.6. The average Bonchev–Trinajstić information content (AvgIpc) is 4.17. The molecular formula is C62H88N14O5Si. The van der Waals surface area contributed by atoms with E-state index in [9.17, 15) is 9.59 Å². The van der Waals surface area contributed by atoms with Gasteiger partial charge in [0.05, 0.1) is 42.6 Å². The molecule has 20 heteroatoms. The standard InChI is InChI=1S/C27H29N7O2.C26H30N6OSi.C4H9NO2.5CH4/c1-6-19-7-8-25-21(9-19)13-28-27(32-25)31-23-10-20(22-14-29-34(5)15-22)11-24(12-23)36-17-18(2)30-26(35)16-33(3)4;1-18(27)17-33-24-12-20(22-15-29-32(2)16-22)11-23(13-24)30-26-28-14-21-10-19(6-7-25(21)31-26)8-9-34(3,4)5;1-5(2)3-4(6)7;;;;;/h1,7-15,18H,16-17H2,2-5H3,(H,30,35)(H,28,31,32);6-7,10-16,18H,17,27H2,1-5H3,(H,28,30,31);3H2,1-2H3,(H,6,7);5*1H4/t2*18-;;;;;;/m11....../s1. The van der Waals surface area contributed by atoms with Crippen LogP contribution < -0.4 is 31.2 Å². The van der Waals surface area contributed by atoms with Crippen molar-refractivity contribution in [2.75, 3.05) is 65.1 Å². The molecule has 1 amide bonds. The van der Waals surface area contributed by atoms with Crippen molar-refractivity contribution >= 4 is 65.0 Å². The average molecular weight is 1140 g/mol. The largest absolute Gasteiger partial charge is 0.492 e. The molecule has 0 saturated carbocycles. The van der Waals surface area contributed by atoms with E-state index >= 15 is 0 Å². The molecule has 8 aromatic rings. The maximum Gasteiger partial charge on any atom is 0.317 e. The van der Waals surface area contributed by atoms with E-state index in [4.69, 9.17) is 31.7 Å². The topological polar surface area (TPSA) is 229 Å². The maximum atomic E-state index is 12.1. The maximum absolute atomic E-state index is 12.1. The third-order valence-corrected chi connectivity index (χ3v) is 11.5. The van der Waals surface area contributed by atoms with E-state index in [-0.39, 0.29) is 61.7 Å². The van der Waals surface area contributed by atoms with Gasteiger partial charge in [-0.25, -0.2) is 19.9 Å². The van der Waals surface area contributed by atoms with Gasteiger partial charge in [-0.15, -0.1) is 12.0 Å². The number of ether oxygens (including phenoxy) is 2. The summed E-state index contributed by atoms with van der Waals surface area (Å²) in [6, 6.07) is 23.2. The molecule has 4 aromatic heterocycles. The molecule has 0 radical (unpaired) electrons. The number of aromatic nitrogens is 8. The highest BCUT2D eigenvalue weighted by Gasteiger charge is 2.14. The number of likely N-dealkylation sites (N-methyl/N-ethyl adjacent to an activating group) is 2. The Kier molecular flexibility index (Phi) is 28.9. The molecule has 0 fully saturated rings. The number of carbonyl (C=O) groups excluding carboxylic acids is 1. The van der Waals surface area contributed by atoms with Crippen molar-refractivity contribution in [1.82, 2.24) is 54.6 Å². The summed E-state index contributed by atoms with van der Waals surface area (Å²) >= 11 is 0. The second kappa shape index (κ2) is 33.2. The summed E-state index contributed by atoms with van der Waals surface area (Å²) in [5, 5.41) is 28.0. The summed E-state index contributed by atoms with van der Waals surface area (Å²) in [4.78, 5) is 43.5. The van der Waals surface area contributed by atoms with E-state index in [1.165, 1.54) is 0 Å². The summed E-state index contributed by atoms with van der Waals surface area (Å²) in [7, 11) is 9.48. The number of hydrogen-bond donors (Lipinski definition) is 5. The first kappa shape index (κ1) is 71.4. The van der Waals surface area contributed by atoms with Gasteiger partial charge in [0.2, 0.25) is 17.8 Å². The lowest BCUT2D eigenvalue weighted by atomic mass is 10.1. The highest BCUT2D eigenvalue weighted by atomic mass is 28.3. The van der Waals surface area contributed by atoms with Crippen molar-refractivity contribution < 1.29 is 24.2 Å². The number of hydrogen-bond acceptors (Lipinski definition) is 15. The van der Waals surface area contributed by atoms with Crippen LogP contribution in [-0.4, -0.2) is 141 Å². The molecule has 4 heterocycles. The highest BCUT2D eigenvalue weighted by molar-refractivity contribution is 6.83. The SMILES string of the molecule is C.C.C.C.C.C#Cc1ccc2nc(Nc3cc(OC[C@@H](C)NC(=O)CN(C)C)cc(-c4cnn(C)c4)c3)ncc2c1.CN(C)CC(=O)O.C[C@@H](N)COc1cc(Nc2ncc3cc(C#C[Si](C)(C)C)ccc3n2)cc(-c2cnn(C)c2)c1. The van der Waals surface area contributed by atoms with Crippen molar-refractivity contribution in [3.05, 3.63) is 121 Å². The molecule has 6 N–H and O–H groups in total. The third kappa shape index (κ3) is 23.2. The fourth-order valence-electron chi connectivity index (χ4n) is 7.22. The molecular weight excluding hydrogens is 1050 g/mol. The molecule has 0 aliphatic carbocycles. The predicted molar refractivity (Wildman–Crippen MR) is 342 cm³/mol. The van der Waals surface area contributed by atoms with Crippen molar-refractivity contribution in [1.29, 1.82) is 0 Å². The minimum atomic E-state index is -1.43. The van der Waals surface area contributed by atoms with Gasteiger partial charge in [-0.2, -0.15) is 10.2 Å². The third-order valence-electron chi connectivity index (χ3n) is 10.6. The lowest BCUT2D eigenvalue weighted by Crippen LogP contribution is -2.41. The zero-order valence-corrected chi connectivity index (χ0v) is 46.6. The number of aryl methyl sites for hydroxylation is 2. The number of nitrogens with two attached hydrogens (primary N) is 1. The summed E-state index contributed by atoms with van der Waals surface area (Å²) in [5.41, 5.74) is 18.1. The number of benzene rings is 4. The number of carboxylic acid groups (broad SMARTS) is 1. The lowest BCUT2D eigenvalue weighted by Gasteiger charge is -2.18. The van der Waals surface area contributed by atoms with Gasteiger partial charge < -0.3 is 41.2 Å². The van der Waals surface area contributed by atoms with Crippen LogP contribution in [0.15, 0.2) is 110 Å². The predicted octanol–water partition coefficient (Wildman–Crippen LogP) is 10.7. The van der Waals surface area contributed by atoms with Crippen LogP contribution in [0.2, 0.25) is 19.6 Å². The number of amides is 1. The number of nitrogens with zero attached hydrogens (tertiary/aromatic N) is 10. The van der Waals surface area contributed by atoms with Crippen LogP contribution >= 0.6 is 0 Å². The Labute approximate surface area is 488 Å². The number of aliphatic carboxylic acids is 1. The van der Waals surface area contributed by atoms with Crippen LogP contribution in [0, 0.1) is 23.8 Å². The van der Waals surface area contributed by atoms with Gasteiger partial charge in [0, 0.05) is 101 Å². The zero-order valence-electron chi connectivity index (χ0n) is 45.6.